The first-order chi connectivity index (χ1) is 16.4. The number of imidazole rings is 1. The minimum atomic E-state index is -1.50. The standard InChI is InChI=1S/C27H19Cl2N3O2/c1-32-16-30-14-26(32)27(34,19-5-8-21(28)9-6-19)20-7-10-24-18(11-20)13-23(25(15-33)31-24)17-3-2-4-22(29)12-17/h2-16,34H,1H3. The van der Waals surface area contributed by atoms with Gasteiger partial charge in [0.2, 0.25) is 0 Å². The summed E-state index contributed by atoms with van der Waals surface area (Å²) in [6.45, 7) is 0. The van der Waals surface area contributed by atoms with Crippen molar-refractivity contribution in [1.82, 2.24) is 14.5 Å². The molecule has 1 unspecified atom stereocenters. The molecule has 0 saturated heterocycles. The molecule has 0 radical (unpaired) electrons. The van der Waals surface area contributed by atoms with E-state index in [-0.39, 0.29) is 0 Å². The Balaban J connectivity index is 1.75. The molecule has 5 nitrogen and oxygen atoms in total. The maximum atomic E-state index is 12.2. The number of aryl methyl sites for hydroxylation is 1. The molecule has 2 aromatic heterocycles. The summed E-state index contributed by atoms with van der Waals surface area (Å²) < 4.78 is 1.78. The summed E-state index contributed by atoms with van der Waals surface area (Å²) >= 11 is 12.3. The lowest BCUT2D eigenvalue weighted by atomic mass is 9.83. The van der Waals surface area contributed by atoms with E-state index in [1.807, 2.05) is 37.4 Å². The van der Waals surface area contributed by atoms with Gasteiger partial charge in [-0.2, -0.15) is 0 Å². The molecule has 168 valence electrons. The maximum Gasteiger partial charge on any atom is 0.169 e. The molecule has 1 N–H and O–H groups in total. The van der Waals surface area contributed by atoms with E-state index in [1.54, 1.807) is 59.6 Å². The quantitative estimate of drug-likeness (QED) is 0.307. The largest absolute Gasteiger partial charge is 0.374 e. The van der Waals surface area contributed by atoms with E-state index in [4.69, 9.17) is 23.2 Å². The molecular weight excluding hydrogens is 469 g/mol. The summed E-state index contributed by atoms with van der Waals surface area (Å²) in [7, 11) is 1.83. The normalized spacial score (nSPS) is 13.1. The van der Waals surface area contributed by atoms with Crippen molar-refractivity contribution in [3.63, 3.8) is 0 Å². The first-order valence-electron chi connectivity index (χ1n) is 10.5. The van der Waals surface area contributed by atoms with Crippen molar-refractivity contribution in [2.45, 2.75) is 5.60 Å². The molecule has 0 fully saturated rings. The van der Waals surface area contributed by atoms with Crippen LogP contribution in [0, 0.1) is 0 Å². The van der Waals surface area contributed by atoms with E-state index >= 15 is 0 Å². The van der Waals surface area contributed by atoms with Gasteiger partial charge in [-0.05, 0) is 59.2 Å². The highest BCUT2D eigenvalue weighted by molar-refractivity contribution is 6.31. The van der Waals surface area contributed by atoms with E-state index in [1.165, 1.54) is 0 Å². The molecule has 34 heavy (non-hydrogen) atoms. The molecule has 3 aromatic carbocycles. The van der Waals surface area contributed by atoms with Gasteiger partial charge in [0.25, 0.3) is 0 Å². The summed E-state index contributed by atoms with van der Waals surface area (Å²) in [5.41, 5.74) is 2.79. The third-order valence-corrected chi connectivity index (χ3v) is 6.45. The van der Waals surface area contributed by atoms with Crippen molar-refractivity contribution in [3.05, 3.63) is 118 Å². The molecule has 5 rings (SSSR count). The van der Waals surface area contributed by atoms with Crippen molar-refractivity contribution in [3.8, 4) is 11.1 Å². The lowest BCUT2D eigenvalue weighted by Crippen LogP contribution is -2.31. The predicted octanol–water partition coefficient (Wildman–Crippen LogP) is 6.04. The molecule has 0 aliphatic heterocycles. The lowest BCUT2D eigenvalue weighted by molar-refractivity contribution is 0.111. The van der Waals surface area contributed by atoms with Crippen LogP contribution in [0.15, 0.2) is 85.3 Å². The second-order valence-corrected chi connectivity index (χ2v) is 8.94. The number of carbonyl (C=O) groups excluding carboxylic acids is 1. The van der Waals surface area contributed by atoms with Gasteiger partial charge in [0.05, 0.1) is 23.7 Å². The van der Waals surface area contributed by atoms with Gasteiger partial charge in [0.15, 0.2) is 11.9 Å². The Bertz CT molecular complexity index is 1530. The Labute approximate surface area is 206 Å². The number of carbonyl (C=O) groups is 1. The molecule has 0 spiro atoms. The van der Waals surface area contributed by atoms with Crippen molar-refractivity contribution >= 4 is 40.4 Å². The number of hydrogen-bond acceptors (Lipinski definition) is 4. The van der Waals surface area contributed by atoms with Crippen LogP contribution in [0.3, 0.4) is 0 Å². The Hall–Kier alpha value is -3.51. The molecule has 1 atom stereocenters. The van der Waals surface area contributed by atoms with Gasteiger partial charge in [-0.3, -0.25) is 4.79 Å². The lowest BCUT2D eigenvalue weighted by Gasteiger charge is -2.30. The summed E-state index contributed by atoms with van der Waals surface area (Å²) in [6, 6.07) is 21.7. The first kappa shape index (κ1) is 22.3. The maximum absolute atomic E-state index is 12.2. The van der Waals surface area contributed by atoms with Crippen molar-refractivity contribution in [1.29, 1.82) is 0 Å². The Morgan fingerprint density at radius 3 is 2.38 bits per heavy atom. The minimum absolute atomic E-state index is 0.321. The van der Waals surface area contributed by atoms with Gasteiger partial charge >= 0.3 is 0 Å². The summed E-state index contributed by atoms with van der Waals surface area (Å²) in [5.74, 6) is 0. The highest BCUT2D eigenvalue weighted by atomic mass is 35.5. The molecular formula is C27H19Cl2N3O2. The van der Waals surface area contributed by atoms with Crippen LogP contribution in [0.25, 0.3) is 22.0 Å². The number of aldehydes is 1. The van der Waals surface area contributed by atoms with E-state index < -0.39 is 5.60 Å². The van der Waals surface area contributed by atoms with Crippen LogP contribution in [0.2, 0.25) is 10.0 Å². The Kier molecular flexibility index (Phi) is 5.70. The van der Waals surface area contributed by atoms with Crippen LogP contribution >= 0.6 is 23.2 Å². The zero-order valence-electron chi connectivity index (χ0n) is 18.1. The zero-order valence-corrected chi connectivity index (χ0v) is 19.6. The van der Waals surface area contributed by atoms with Crippen LogP contribution in [0.1, 0.15) is 27.3 Å². The van der Waals surface area contributed by atoms with Gasteiger partial charge in [-0.15, -0.1) is 0 Å². The molecule has 7 heteroatoms. The topological polar surface area (TPSA) is 68.0 Å². The average Bonchev–Trinajstić information content (AvgIpc) is 3.29. The highest BCUT2D eigenvalue weighted by Crippen LogP contribution is 2.38. The van der Waals surface area contributed by atoms with Crippen LogP contribution in [0.5, 0.6) is 0 Å². The third-order valence-electron chi connectivity index (χ3n) is 5.96. The summed E-state index contributed by atoms with van der Waals surface area (Å²) in [6.07, 6.45) is 4.03. The number of hydrogen-bond donors (Lipinski definition) is 1. The van der Waals surface area contributed by atoms with Crippen LogP contribution < -0.4 is 0 Å². The second kappa shape index (κ2) is 8.69. The second-order valence-electron chi connectivity index (χ2n) is 8.06. The molecule has 0 saturated carbocycles. The molecule has 0 aliphatic rings. The molecule has 0 amide bonds. The fourth-order valence-corrected chi connectivity index (χ4v) is 4.57. The number of aromatic nitrogens is 3. The predicted molar refractivity (Wildman–Crippen MR) is 134 cm³/mol. The fraction of sp³-hybridized carbons (Fsp3) is 0.0741. The SMILES string of the molecule is Cn1cncc1C(O)(c1ccc(Cl)cc1)c1ccc2nc(C=O)c(-c3cccc(Cl)c3)cc2c1. The fourth-order valence-electron chi connectivity index (χ4n) is 4.25. The highest BCUT2D eigenvalue weighted by Gasteiger charge is 2.36. The summed E-state index contributed by atoms with van der Waals surface area (Å²) in [4.78, 5) is 20.6. The summed E-state index contributed by atoms with van der Waals surface area (Å²) in [5, 5.41) is 14.1. The van der Waals surface area contributed by atoms with Gasteiger partial charge in [-0.25, -0.2) is 9.97 Å². The number of rotatable bonds is 5. The smallest absolute Gasteiger partial charge is 0.169 e. The van der Waals surface area contributed by atoms with E-state index in [2.05, 4.69) is 9.97 Å². The molecule has 0 aliphatic carbocycles. The van der Waals surface area contributed by atoms with Crippen LogP contribution in [-0.4, -0.2) is 25.9 Å². The van der Waals surface area contributed by atoms with Crippen molar-refractivity contribution < 1.29 is 9.90 Å². The number of pyridine rings is 1. The number of fused-ring (bicyclic) bond motifs is 1. The third kappa shape index (κ3) is 3.78. The van der Waals surface area contributed by atoms with Crippen molar-refractivity contribution in [2.75, 3.05) is 0 Å². The number of aliphatic hydroxyl groups is 1. The van der Waals surface area contributed by atoms with Crippen LogP contribution in [-0.2, 0) is 12.6 Å². The molecule has 5 aromatic rings. The Morgan fingerprint density at radius 1 is 0.941 bits per heavy atom. The van der Waals surface area contributed by atoms with E-state index in [9.17, 15) is 9.90 Å². The zero-order chi connectivity index (χ0) is 23.9. The van der Waals surface area contributed by atoms with Crippen LogP contribution in [0.4, 0.5) is 0 Å². The molecule has 0 bridgehead atoms. The van der Waals surface area contributed by atoms with Gasteiger partial charge in [0, 0.05) is 28.0 Å². The number of nitrogens with zero attached hydrogens (tertiary/aromatic N) is 3. The number of halogens is 2. The van der Waals surface area contributed by atoms with Gasteiger partial charge in [0.1, 0.15) is 5.69 Å². The first-order valence-corrected chi connectivity index (χ1v) is 11.3. The van der Waals surface area contributed by atoms with Crippen molar-refractivity contribution in [2.24, 2.45) is 7.05 Å². The van der Waals surface area contributed by atoms with Gasteiger partial charge in [-0.1, -0.05) is 53.5 Å². The number of benzene rings is 3. The van der Waals surface area contributed by atoms with Gasteiger partial charge < -0.3 is 9.67 Å². The minimum Gasteiger partial charge on any atom is -0.374 e. The Morgan fingerprint density at radius 2 is 1.71 bits per heavy atom. The van der Waals surface area contributed by atoms with E-state index in [0.29, 0.717) is 43.6 Å². The monoisotopic (exact) mass is 487 g/mol. The van der Waals surface area contributed by atoms with E-state index in [0.717, 1.165) is 17.2 Å². The average molecular weight is 488 g/mol. The molecule has 2 heterocycles.